The highest BCUT2D eigenvalue weighted by atomic mass is 19.3. The molecule has 0 unspecified atom stereocenters. The van der Waals surface area contributed by atoms with Crippen molar-refractivity contribution in [3.05, 3.63) is 23.4 Å². The maximum absolute atomic E-state index is 12.2. The molecule has 0 spiro atoms. The first-order valence-electron chi connectivity index (χ1n) is 8.83. The lowest BCUT2D eigenvalue weighted by Crippen LogP contribution is -2.33. The second kappa shape index (κ2) is 8.04. The molecule has 0 radical (unpaired) electrons. The smallest absolute Gasteiger partial charge is 0.272 e. The van der Waals surface area contributed by atoms with Gasteiger partial charge in [0, 0.05) is 19.2 Å². The fourth-order valence-electron chi connectivity index (χ4n) is 3.70. The van der Waals surface area contributed by atoms with Gasteiger partial charge in [-0.2, -0.15) is 0 Å². The first-order valence-corrected chi connectivity index (χ1v) is 8.83. The van der Waals surface area contributed by atoms with Crippen molar-refractivity contribution in [2.75, 3.05) is 19.7 Å². The van der Waals surface area contributed by atoms with E-state index < -0.39 is 13.0 Å². The van der Waals surface area contributed by atoms with Crippen molar-refractivity contribution >= 4 is 0 Å². The highest BCUT2D eigenvalue weighted by Crippen LogP contribution is 2.27. The van der Waals surface area contributed by atoms with Crippen LogP contribution < -0.4 is 4.74 Å². The largest absolute Gasteiger partial charge is 0.472 e. The Balaban J connectivity index is 1.52. The van der Waals surface area contributed by atoms with Crippen LogP contribution in [0.5, 0.6) is 5.88 Å². The molecule has 2 aliphatic rings. The molecule has 5 heteroatoms. The Bertz CT molecular complexity index is 504. The van der Waals surface area contributed by atoms with Crippen LogP contribution in [0, 0.1) is 5.92 Å². The molecule has 2 heterocycles. The van der Waals surface area contributed by atoms with Crippen LogP contribution in [0.3, 0.4) is 0 Å². The summed E-state index contributed by atoms with van der Waals surface area (Å²) in [7, 11) is 0. The van der Waals surface area contributed by atoms with Crippen LogP contribution in [0.2, 0.25) is 0 Å². The van der Waals surface area contributed by atoms with Crippen LogP contribution in [0.4, 0.5) is 8.78 Å². The summed E-state index contributed by atoms with van der Waals surface area (Å²) in [4.78, 5) is 6.88. The average Bonchev–Trinajstić information content (AvgIpc) is 2.58. The van der Waals surface area contributed by atoms with Gasteiger partial charge in [-0.15, -0.1) is 0 Å². The van der Waals surface area contributed by atoms with Crippen LogP contribution in [-0.4, -0.2) is 36.0 Å². The standard InChI is InChI=1S/C18H26F2N2O/c19-17(20)13-23-18-7-6-15-9-11-22(12-16(15)21-18)10-8-14-4-2-1-3-5-14/h6-7,14,17H,1-5,8-13H2. The highest BCUT2D eigenvalue weighted by Gasteiger charge is 2.20. The molecule has 1 aliphatic heterocycles. The van der Waals surface area contributed by atoms with Gasteiger partial charge in [0.25, 0.3) is 6.43 Å². The van der Waals surface area contributed by atoms with E-state index in [1.807, 2.05) is 6.07 Å². The minimum absolute atomic E-state index is 0.318. The summed E-state index contributed by atoms with van der Waals surface area (Å²) in [6.07, 6.45) is 6.75. The molecule has 1 aliphatic carbocycles. The second-order valence-electron chi connectivity index (χ2n) is 6.78. The molecule has 3 nitrogen and oxygen atoms in total. The molecule has 0 bridgehead atoms. The van der Waals surface area contributed by atoms with Crippen molar-refractivity contribution in [1.82, 2.24) is 9.88 Å². The highest BCUT2D eigenvalue weighted by molar-refractivity contribution is 5.27. The first kappa shape index (κ1) is 16.6. The van der Waals surface area contributed by atoms with Crippen molar-refractivity contribution in [1.29, 1.82) is 0 Å². The minimum Gasteiger partial charge on any atom is -0.472 e. The molecular formula is C18H26F2N2O. The monoisotopic (exact) mass is 324 g/mol. The number of alkyl halides is 2. The van der Waals surface area contributed by atoms with Gasteiger partial charge < -0.3 is 4.74 Å². The zero-order valence-electron chi connectivity index (χ0n) is 13.6. The van der Waals surface area contributed by atoms with E-state index in [4.69, 9.17) is 4.74 Å². The van der Waals surface area contributed by atoms with Crippen molar-refractivity contribution in [3.8, 4) is 5.88 Å². The van der Waals surface area contributed by atoms with Crippen molar-refractivity contribution in [2.24, 2.45) is 5.92 Å². The van der Waals surface area contributed by atoms with Gasteiger partial charge in [-0.1, -0.05) is 38.2 Å². The van der Waals surface area contributed by atoms with Crippen molar-refractivity contribution in [2.45, 2.75) is 57.9 Å². The normalized spacial score (nSPS) is 19.8. The summed E-state index contributed by atoms with van der Waals surface area (Å²) in [5.41, 5.74) is 2.22. The van der Waals surface area contributed by atoms with Gasteiger partial charge in [-0.25, -0.2) is 13.8 Å². The molecule has 1 aromatic rings. The number of aromatic nitrogens is 1. The van der Waals surface area contributed by atoms with E-state index in [1.165, 1.54) is 44.1 Å². The topological polar surface area (TPSA) is 25.4 Å². The molecule has 0 atom stereocenters. The SMILES string of the molecule is FC(F)COc1ccc2c(n1)CN(CCC1CCCCC1)CC2. The minimum atomic E-state index is -2.46. The van der Waals surface area contributed by atoms with Gasteiger partial charge in [-0.05, 0) is 30.9 Å². The fourth-order valence-corrected chi connectivity index (χ4v) is 3.70. The predicted octanol–water partition coefficient (Wildman–Crippen LogP) is 4.05. The van der Waals surface area contributed by atoms with E-state index in [-0.39, 0.29) is 0 Å². The van der Waals surface area contributed by atoms with Gasteiger partial charge in [0.1, 0.15) is 0 Å². The Kier molecular flexibility index (Phi) is 5.81. The lowest BCUT2D eigenvalue weighted by atomic mass is 9.87. The number of ether oxygens (including phenoxy) is 1. The Morgan fingerprint density at radius 1 is 1.22 bits per heavy atom. The number of halogens is 2. The average molecular weight is 324 g/mol. The second-order valence-corrected chi connectivity index (χ2v) is 6.78. The summed E-state index contributed by atoms with van der Waals surface area (Å²) >= 11 is 0. The van der Waals surface area contributed by atoms with Crippen LogP contribution >= 0.6 is 0 Å². The molecule has 1 saturated carbocycles. The van der Waals surface area contributed by atoms with Crippen LogP contribution in [0.25, 0.3) is 0 Å². The molecule has 0 amide bonds. The van der Waals surface area contributed by atoms with Crippen molar-refractivity contribution < 1.29 is 13.5 Å². The van der Waals surface area contributed by atoms with Crippen LogP contribution in [0.15, 0.2) is 12.1 Å². The number of rotatable bonds is 6. The van der Waals surface area contributed by atoms with Crippen molar-refractivity contribution in [3.63, 3.8) is 0 Å². The number of hydrogen-bond acceptors (Lipinski definition) is 3. The molecule has 0 aromatic carbocycles. The lowest BCUT2D eigenvalue weighted by molar-refractivity contribution is 0.0792. The third-order valence-electron chi connectivity index (χ3n) is 5.05. The zero-order valence-corrected chi connectivity index (χ0v) is 13.6. The maximum atomic E-state index is 12.2. The Hall–Kier alpha value is -1.23. The summed E-state index contributed by atoms with van der Waals surface area (Å²) in [6, 6.07) is 3.68. The Morgan fingerprint density at radius 2 is 2.04 bits per heavy atom. The molecule has 0 N–H and O–H groups in total. The summed E-state index contributed by atoms with van der Waals surface area (Å²) in [6.45, 7) is 2.41. The van der Waals surface area contributed by atoms with E-state index >= 15 is 0 Å². The summed E-state index contributed by atoms with van der Waals surface area (Å²) < 4.78 is 29.5. The molecule has 0 saturated heterocycles. The number of fused-ring (bicyclic) bond motifs is 1. The fraction of sp³-hybridized carbons (Fsp3) is 0.722. The number of nitrogens with zero attached hydrogens (tertiary/aromatic N) is 2. The van der Waals surface area contributed by atoms with Gasteiger partial charge >= 0.3 is 0 Å². The molecular weight excluding hydrogens is 298 g/mol. The molecule has 1 aromatic heterocycles. The zero-order chi connectivity index (χ0) is 16.1. The molecule has 3 rings (SSSR count). The Labute approximate surface area is 137 Å². The lowest BCUT2D eigenvalue weighted by Gasteiger charge is -2.30. The van der Waals surface area contributed by atoms with E-state index in [1.54, 1.807) is 6.07 Å². The molecule has 23 heavy (non-hydrogen) atoms. The van der Waals surface area contributed by atoms with Gasteiger partial charge in [0.2, 0.25) is 5.88 Å². The third kappa shape index (κ3) is 4.87. The Morgan fingerprint density at radius 3 is 2.83 bits per heavy atom. The van der Waals surface area contributed by atoms with Gasteiger partial charge in [0.05, 0.1) is 5.69 Å². The van der Waals surface area contributed by atoms with Gasteiger partial charge in [-0.3, -0.25) is 4.90 Å². The number of hydrogen-bond donors (Lipinski definition) is 0. The van der Waals surface area contributed by atoms with E-state index in [0.29, 0.717) is 5.88 Å². The molecule has 1 fully saturated rings. The van der Waals surface area contributed by atoms with E-state index in [0.717, 1.165) is 37.7 Å². The molecule has 128 valence electrons. The summed E-state index contributed by atoms with van der Waals surface area (Å²) in [5, 5.41) is 0. The quantitative estimate of drug-likeness (QED) is 0.789. The van der Waals surface area contributed by atoms with Crippen LogP contribution in [-0.2, 0) is 13.0 Å². The number of pyridine rings is 1. The predicted molar refractivity (Wildman–Crippen MR) is 85.9 cm³/mol. The summed E-state index contributed by atoms with van der Waals surface area (Å²) in [5.74, 6) is 1.21. The van der Waals surface area contributed by atoms with E-state index in [2.05, 4.69) is 9.88 Å². The maximum Gasteiger partial charge on any atom is 0.272 e. The third-order valence-corrected chi connectivity index (χ3v) is 5.05. The van der Waals surface area contributed by atoms with E-state index in [9.17, 15) is 8.78 Å². The first-order chi connectivity index (χ1) is 11.2. The van der Waals surface area contributed by atoms with Crippen LogP contribution in [0.1, 0.15) is 49.8 Å². The van der Waals surface area contributed by atoms with Gasteiger partial charge in [0.15, 0.2) is 6.61 Å².